The van der Waals surface area contributed by atoms with E-state index in [0.29, 0.717) is 6.04 Å². The second kappa shape index (κ2) is 5.70. The molecule has 3 heteroatoms. The molecule has 1 fully saturated rings. The van der Waals surface area contributed by atoms with Gasteiger partial charge in [0.15, 0.2) is 0 Å². The molecule has 0 aromatic carbocycles. The highest BCUT2D eigenvalue weighted by Crippen LogP contribution is 2.29. The van der Waals surface area contributed by atoms with Crippen molar-refractivity contribution < 1.29 is 0 Å². The SMILES string of the molecule is CC1CCC(N(C)c2ccc([C@H](C)N)nc2)CC1. The Labute approximate surface area is 110 Å². The average molecular weight is 247 g/mol. The van der Waals surface area contributed by atoms with Crippen LogP contribution in [0.5, 0.6) is 0 Å². The van der Waals surface area contributed by atoms with E-state index in [1.54, 1.807) is 0 Å². The summed E-state index contributed by atoms with van der Waals surface area (Å²) >= 11 is 0. The first kappa shape index (κ1) is 13.3. The van der Waals surface area contributed by atoms with E-state index >= 15 is 0 Å². The molecule has 0 aliphatic heterocycles. The molecule has 0 radical (unpaired) electrons. The van der Waals surface area contributed by atoms with E-state index in [9.17, 15) is 0 Å². The molecular formula is C15H25N3. The fraction of sp³-hybridized carbons (Fsp3) is 0.667. The number of anilines is 1. The third-order valence-corrected chi connectivity index (χ3v) is 4.18. The Balaban J connectivity index is 2.02. The summed E-state index contributed by atoms with van der Waals surface area (Å²) in [4.78, 5) is 6.82. The van der Waals surface area contributed by atoms with Crippen molar-refractivity contribution in [3.05, 3.63) is 24.0 Å². The van der Waals surface area contributed by atoms with Crippen LogP contribution in [-0.4, -0.2) is 18.1 Å². The van der Waals surface area contributed by atoms with Crippen LogP contribution in [-0.2, 0) is 0 Å². The first-order chi connectivity index (χ1) is 8.58. The minimum Gasteiger partial charge on any atom is -0.370 e. The molecule has 18 heavy (non-hydrogen) atoms. The third kappa shape index (κ3) is 3.02. The largest absolute Gasteiger partial charge is 0.370 e. The Kier molecular flexibility index (Phi) is 4.23. The van der Waals surface area contributed by atoms with Gasteiger partial charge >= 0.3 is 0 Å². The van der Waals surface area contributed by atoms with Crippen LogP contribution in [0.2, 0.25) is 0 Å². The van der Waals surface area contributed by atoms with Crippen molar-refractivity contribution in [3.63, 3.8) is 0 Å². The van der Waals surface area contributed by atoms with Crippen molar-refractivity contribution in [3.8, 4) is 0 Å². The number of aromatic nitrogens is 1. The van der Waals surface area contributed by atoms with Crippen molar-refractivity contribution in [1.82, 2.24) is 4.98 Å². The molecule has 2 N–H and O–H groups in total. The normalized spacial score (nSPS) is 25.8. The quantitative estimate of drug-likeness (QED) is 0.892. The third-order valence-electron chi connectivity index (χ3n) is 4.18. The summed E-state index contributed by atoms with van der Waals surface area (Å²) in [7, 11) is 2.18. The van der Waals surface area contributed by atoms with Crippen LogP contribution in [0.15, 0.2) is 18.3 Å². The van der Waals surface area contributed by atoms with Crippen LogP contribution in [0.1, 0.15) is 51.3 Å². The van der Waals surface area contributed by atoms with Gasteiger partial charge in [0.25, 0.3) is 0 Å². The highest BCUT2D eigenvalue weighted by atomic mass is 15.1. The first-order valence-corrected chi connectivity index (χ1v) is 7.02. The second-order valence-corrected chi connectivity index (χ2v) is 5.75. The van der Waals surface area contributed by atoms with Gasteiger partial charge in [-0.1, -0.05) is 6.92 Å². The zero-order valence-corrected chi connectivity index (χ0v) is 11.8. The van der Waals surface area contributed by atoms with E-state index in [1.807, 2.05) is 19.2 Å². The van der Waals surface area contributed by atoms with E-state index in [2.05, 4.69) is 29.9 Å². The Morgan fingerprint density at radius 1 is 1.28 bits per heavy atom. The maximum atomic E-state index is 5.82. The zero-order chi connectivity index (χ0) is 13.1. The number of hydrogen-bond acceptors (Lipinski definition) is 3. The lowest BCUT2D eigenvalue weighted by atomic mass is 9.86. The molecular weight excluding hydrogens is 222 g/mol. The Morgan fingerprint density at radius 2 is 1.94 bits per heavy atom. The van der Waals surface area contributed by atoms with Gasteiger partial charge in [-0.2, -0.15) is 0 Å². The van der Waals surface area contributed by atoms with Crippen molar-refractivity contribution in [2.75, 3.05) is 11.9 Å². The Morgan fingerprint density at radius 3 is 2.44 bits per heavy atom. The van der Waals surface area contributed by atoms with Gasteiger partial charge in [-0.3, -0.25) is 4.98 Å². The number of hydrogen-bond donors (Lipinski definition) is 1. The minimum absolute atomic E-state index is 0.0138. The maximum Gasteiger partial charge on any atom is 0.0569 e. The topological polar surface area (TPSA) is 42.1 Å². The fourth-order valence-electron chi connectivity index (χ4n) is 2.72. The summed E-state index contributed by atoms with van der Waals surface area (Å²) in [6.07, 6.45) is 7.25. The molecule has 1 aromatic heterocycles. The van der Waals surface area contributed by atoms with Crippen LogP contribution < -0.4 is 10.6 Å². The van der Waals surface area contributed by atoms with Gasteiger partial charge in [0.2, 0.25) is 0 Å². The van der Waals surface area contributed by atoms with Gasteiger partial charge in [-0.15, -0.1) is 0 Å². The second-order valence-electron chi connectivity index (χ2n) is 5.75. The summed E-state index contributed by atoms with van der Waals surface area (Å²) in [6, 6.07) is 4.87. The lowest BCUT2D eigenvalue weighted by Gasteiger charge is -2.35. The molecule has 1 heterocycles. The maximum absolute atomic E-state index is 5.82. The van der Waals surface area contributed by atoms with Gasteiger partial charge in [-0.05, 0) is 50.7 Å². The molecule has 1 saturated carbocycles. The summed E-state index contributed by atoms with van der Waals surface area (Å²) in [5.41, 5.74) is 7.99. The van der Waals surface area contributed by atoms with E-state index in [0.717, 1.165) is 11.6 Å². The summed E-state index contributed by atoms with van der Waals surface area (Å²) in [6.45, 7) is 4.32. The first-order valence-electron chi connectivity index (χ1n) is 7.02. The number of nitrogens with two attached hydrogens (primary N) is 1. The minimum atomic E-state index is 0.0138. The molecule has 0 bridgehead atoms. The van der Waals surface area contributed by atoms with Crippen molar-refractivity contribution in [2.45, 2.75) is 51.6 Å². The lowest BCUT2D eigenvalue weighted by Crippen LogP contribution is -2.34. The monoisotopic (exact) mass is 247 g/mol. The van der Waals surface area contributed by atoms with Crippen molar-refractivity contribution >= 4 is 5.69 Å². The van der Waals surface area contributed by atoms with Gasteiger partial charge < -0.3 is 10.6 Å². The number of pyridine rings is 1. The average Bonchev–Trinajstić information content (AvgIpc) is 2.39. The Bertz CT molecular complexity index is 364. The van der Waals surface area contributed by atoms with Crippen molar-refractivity contribution in [1.29, 1.82) is 0 Å². The molecule has 1 aliphatic rings. The molecule has 1 aromatic rings. The standard InChI is InChI=1S/C15H25N3/c1-11-4-6-13(7-5-11)18(3)14-8-9-15(12(2)16)17-10-14/h8-13H,4-7,16H2,1-3H3/t11?,12-,13?/m0/s1. The van der Waals surface area contributed by atoms with E-state index in [1.165, 1.54) is 31.4 Å². The predicted octanol–water partition coefficient (Wildman–Crippen LogP) is 3.12. The number of rotatable bonds is 3. The van der Waals surface area contributed by atoms with Gasteiger partial charge in [-0.25, -0.2) is 0 Å². The molecule has 1 atom stereocenters. The van der Waals surface area contributed by atoms with Gasteiger partial charge in [0.1, 0.15) is 0 Å². The molecule has 0 saturated heterocycles. The Hall–Kier alpha value is -1.09. The van der Waals surface area contributed by atoms with Crippen LogP contribution in [0.4, 0.5) is 5.69 Å². The highest BCUT2D eigenvalue weighted by molar-refractivity contribution is 5.45. The van der Waals surface area contributed by atoms with Crippen molar-refractivity contribution in [2.24, 2.45) is 11.7 Å². The molecule has 1 aliphatic carbocycles. The number of nitrogens with zero attached hydrogens (tertiary/aromatic N) is 2. The fourth-order valence-corrected chi connectivity index (χ4v) is 2.72. The lowest BCUT2D eigenvalue weighted by molar-refractivity contribution is 0.340. The molecule has 2 rings (SSSR count). The highest BCUT2D eigenvalue weighted by Gasteiger charge is 2.22. The van der Waals surface area contributed by atoms with Crippen LogP contribution in [0.3, 0.4) is 0 Å². The molecule has 100 valence electrons. The van der Waals surface area contributed by atoms with Crippen LogP contribution in [0.25, 0.3) is 0 Å². The molecule has 3 nitrogen and oxygen atoms in total. The van der Waals surface area contributed by atoms with E-state index in [4.69, 9.17) is 5.73 Å². The predicted molar refractivity (Wildman–Crippen MR) is 76.7 cm³/mol. The summed E-state index contributed by atoms with van der Waals surface area (Å²) in [5.74, 6) is 0.897. The molecule has 0 spiro atoms. The van der Waals surface area contributed by atoms with Gasteiger partial charge in [0.05, 0.1) is 17.6 Å². The smallest absolute Gasteiger partial charge is 0.0569 e. The van der Waals surface area contributed by atoms with E-state index < -0.39 is 0 Å². The summed E-state index contributed by atoms with van der Waals surface area (Å²) in [5, 5.41) is 0. The molecule has 0 unspecified atom stereocenters. The van der Waals surface area contributed by atoms with Crippen LogP contribution >= 0.6 is 0 Å². The van der Waals surface area contributed by atoms with E-state index in [-0.39, 0.29) is 6.04 Å². The summed E-state index contributed by atoms with van der Waals surface area (Å²) < 4.78 is 0. The molecule has 0 amide bonds. The van der Waals surface area contributed by atoms with Crippen LogP contribution in [0, 0.1) is 5.92 Å². The zero-order valence-electron chi connectivity index (χ0n) is 11.8. The van der Waals surface area contributed by atoms with Gasteiger partial charge in [0, 0.05) is 19.1 Å².